The van der Waals surface area contributed by atoms with Crippen molar-refractivity contribution in [1.82, 2.24) is 25.1 Å². The summed E-state index contributed by atoms with van der Waals surface area (Å²) in [5, 5.41) is 19.4. The highest BCUT2D eigenvalue weighted by Gasteiger charge is 2.11. The predicted molar refractivity (Wildman–Crippen MR) is 97.8 cm³/mol. The van der Waals surface area contributed by atoms with Crippen molar-refractivity contribution >= 4 is 22.9 Å². The number of thiophene rings is 1. The van der Waals surface area contributed by atoms with E-state index in [2.05, 4.69) is 20.6 Å². The molecule has 1 N–H and O–H groups in total. The number of aromatic nitrogens is 4. The quantitative estimate of drug-likeness (QED) is 0.554. The van der Waals surface area contributed by atoms with Crippen LogP contribution in [-0.2, 0) is 11.3 Å². The van der Waals surface area contributed by atoms with E-state index in [-0.39, 0.29) is 24.9 Å². The van der Waals surface area contributed by atoms with Crippen molar-refractivity contribution in [2.24, 2.45) is 0 Å². The predicted octanol–water partition coefficient (Wildman–Crippen LogP) is 2.69. The summed E-state index contributed by atoms with van der Waals surface area (Å²) in [6, 6.07) is 11.2. The van der Waals surface area contributed by atoms with E-state index in [4.69, 9.17) is 4.74 Å². The summed E-state index contributed by atoms with van der Waals surface area (Å²) < 4.78 is 19.8. The summed E-state index contributed by atoms with van der Waals surface area (Å²) >= 11 is 1.59. The van der Waals surface area contributed by atoms with Gasteiger partial charge >= 0.3 is 0 Å². The van der Waals surface area contributed by atoms with E-state index in [1.807, 2.05) is 29.0 Å². The molecule has 0 bridgehead atoms. The van der Waals surface area contributed by atoms with Gasteiger partial charge in [0, 0.05) is 10.9 Å². The lowest BCUT2D eigenvalue weighted by Gasteiger charge is -2.07. The number of nitrogens with zero attached hydrogens (tertiary/aromatic N) is 4. The molecule has 0 aliphatic carbocycles. The van der Waals surface area contributed by atoms with Crippen LogP contribution in [0.25, 0.3) is 16.9 Å². The number of amides is 1. The Morgan fingerprint density at radius 2 is 2.00 bits per heavy atom. The van der Waals surface area contributed by atoms with E-state index in [1.165, 1.54) is 24.3 Å². The Morgan fingerprint density at radius 3 is 2.78 bits per heavy atom. The SMILES string of the molecule is O=C(COc1ccc(F)cc1)NCc1nnc2ccc(-c3ccsc3)nn12. The second-order valence-electron chi connectivity index (χ2n) is 5.64. The van der Waals surface area contributed by atoms with Crippen molar-refractivity contribution in [2.45, 2.75) is 6.54 Å². The molecule has 9 heteroatoms. The van der Waals surface area contributed by atoms with Crippen molar-refractivity contribution in [3.8, 4) is 17.0 Å². The first-order valence-corrected chi connectivity index (χ1v) is 9.02. The largest absolute Gasteiger partial charge is 0.484 e. The molecule has 27 heavy (non-hydrogen) atoms. The van der Waals surface area contributed by atoms with Gasteiger partial charge in [0.2, 0.25) is 0 Å². The van der Waals surface area contributed by atoms with Crippen LogP contribution in [0.2, 0.25) is 0 Å². The van der Waals surface area contributed by atoms with Crippen LogP contribution in [0.4, 0.5) is 4.39 Å². The minimum absolute atomic E-state index is 0.160. The van der Waals surface area contributed by atoms with Crippen molar-refractivity contribution < 1.29 is 13.9 Å². The van der Waals surface area contributed by atoms with E-state index in [9.17, 15) is 9.18 Å². The van der Waals surface area contributed by atoms with Gasteiger partial charge in [0.25, 0.3) is 5.91 Å². The Bertz CT molecular complexity index is 1060. The zero-order valence-electron chi connectivity index (χ0n) is 14.0. The number of fused-ring (bicyclic) bond motifs is 1. The average molecular weight is 383 g/mol. The molecule has 0 atom stereocenters. The summed E-state index contributed by atoms with van der Waals surface area (Å²) in [4.78, 5) is 12.0. The lowest BCUT2D eigenvalue weighted by molar-refractivity contribution is -0.123. The number of nitrogens with one attached hydrogen (secondary N) is 1. The fourth-order valence-corrected chi connectivity index (χ4v) is 3.07. The summed E-state index contributed by atoms with van der Waals surface area (Å²) in [5.41, 5.74) is 2.41. The number of rotatable bonds is 6. The van der Waals surface area contributed by atoms with Crippen LogP contribution >= 0.6 is 11.3 Å². The first-order valence-electron chi connectivity index (χ1n) is 8.08. The lowest BCUT2D eigenvalue weighted by atomic mass is 10.2. The normalized spacial score (nSPS) is 10.9. The fourth-order valence-electron chi connectivity index (χ4n) is 2.42. The lowest BCUT2D eigenvalue weighted by Crippen LogP contribution is -2.29. The highest BCUT2D eigenvalue weighted by atomic mass is 32.1. The topological polar surface area (TPSA) is 81.4 Å². The molecule has 0 aliphatic heterocycles. The summed E-state index contributed by atoms with van der Waals surface area (Å²) in [6.45, 7) is -0.0250. The first-order chi connectivity index (χ1) is 13.2. The molecule has 0 aliphatic rings. The maximum atomic E-state index is 12.9. The van der Waals surface area contributed by atoms with Gasteiger partial charge in [0.1, 0.15) is 11.6 Å². The van der Waals surface area contributed by atoms with Crippen LogP contribution in [-0.4, -0.2) is 32.3 Å². The van der Waals surface area contributed by atoms with Crippen molar-refractivity contribution in [2.75, 3.05) is 6.61 Å². The van der Waals surface area contributed by atoms with Crippen LogP contribution < -0.4 is 10.1 Å². The second kappa shape index (κ2) is 7.50. The van der Waals surface area contributed by atoms with Gasteiger partial charge in [0.15, 0.2) is 18.1 Å². The molecule has 1 amide bonds. The van der Waals surface area contributed by atoms with Crippen molar-refractivity contribution in [3.05, 3.63) is 64.9 Å². The van der Waals surface area contributed by atoms with Gasteiger partial charge in [-0.25, -0.2) is 4.39 Å². The van der Waals surface area contributed by atoms with E-state index in [1.54, 1.807) is 15.9 Å². The fraction of sp³-hybridized carbons (Fsp3) is 0.111. The highest BCUT2D eigenvalue weighted by molar-refractivity contribution is 7.08. The Morgan fingerprint density at radius 1 is 1.15 bits per heavy atom. The second-order valence-corrected chi connectivity index (χ2v) is 6.42. The van der Waals surface area contributed by atoms with Crippen LogP contribution in [0.15, 0.2) is 53.2 Å². The van der Waals surface area contributed by atoms with Gasteiger partial charge < -0.3 is 10.1 Å². The average Bonchev–Trinajstić information content (AvgIpc) is 3.35. The number of hydrogen-bond acceptors (Lipinski definition) is 6. The van der Waals surface area contributed by atoms with Crippen LogP contribution in [0.1, 0.15) is 5.82 Å². The smallest absolute Gasteiger partial charge is 0.258 e. The molecule has 136 valence electrons. The molecule has 4 rings (SSSR count). The van der Waals surface area contributed by atoms with E-state index in [0.717, 1.165) is 11.3 Å². The van der Waals surface area contributed by atoms with Gasteiger partial charge in [-0.3, -0.25) is 4.79 Å². The molecule has 0 saturated carbocycles. The molecule has 0 radical (unpaired) electrons. The third-order valence-corrected chi connectivity index (χ3v) is 4.45. The van der Waals surface area contributed by atoms with Crippen LogP contribution in [0.5, 0.6) is 5.75 Å². The molecule has 3 heterocycles. The molecule has 0 spiro atoms. The molecular formula is C18H14FN5O2S. The third kappa shape index (κ3) is 3.93. The minimum Gasteiger partial charge on any atom is -0.484 e. The minimum atomic E-state index is -0.361. The third-order valence-electron chi connectivity index (χ3n) is 3.77. The van der Waals surface area contributed by atoms with Crippen LogP contribution in [0.3, 0.4) is 0 Å². The molecule has 1 aromatic carbocycles. The van der Waals surface area contributed by atoms with Gasteiger partial charge in [0.05, 0.1) is 12.2 Å². The number of ether oxygens (including phenoxy) is 1. The molecule has 0 unspecified atom stereocenters. The van der Waals surface area contributed by atoms with E-state index >= 15 is 0 Å². The number of halogens is 1. The standard InChI is InChI=1S/C18H14FN5O2S/c19-13-1-3-14(4-2-13)26-10-18(25)20-9-17-22-21-16-6-5-15(23-24(16)17)12-7-8-27-11-12/h1-8,11H,9-10H2,(H,20,25). The maximum Gasteiger partial charge on any atom is 0.258 e. The summed E-state index contributed by atoms with van der Waals surface area (Å²) in [7, 11) is 0. The Labute approximate surface area is 157 Å². The molecule has 0 fully saturated rings. The first kappa shape index (κ1) is 17.1. The number of carbonyl (C=O) groups excluding carboxylic acids is 1. The molecule has 3 aromatic heterocycles. The van der Waals surface area contributed by atoms with Gasteiger partial charge in [-0.05, 0) is 47.8 Å². The Kier molecular flexibility index (Phi) is 4.75. The molecule has 7 nitrogen and oxygen atoms in total. The Balaban J connectivity index is 1.40. The maximum absolute atomic E-state index is 12.9. The van der Waals surface area contributed by atoms with Gasteiger partial charge in [-0.2, -0.15) is 21.0 Å². The van der Waals surface area contributed by atoms with Crippen molar-refractivity contribution in [1.29, 1.82) is 0 Å². The van der Waals surface area contributed by atoms with Crippen molar-refractivity contribution in [3.63, 3.8) is 0 Å². The zero-order valence-corrected chi connectivity index (χ0v) is 14.8. The number of carbonyl (C=O) groups is 1. The summed E-state index contributed by atoms with van der Waals surface area (Å²) in [6.07, 6.45) is 0. The molecule has 0 saturated heterocycles. The van der Waals surface area contributed by atoms with E-state index < -0.39 is 0 Å². The van der Waals surface area contributed by atoms with Gasteiger partial charge in [-0.15, -0.1) is 10.2 Å². The monoisotopic (exact) mass is 383 g/mol. The Hall–Kier alpha value is -3.33. The van der Waals surface area contributed by atoms with E-state index in [0.29, 0.717) is 17.2 Å². The number of benzene rings is 1. The summed E-state index contributed by atoms with van der Waals surface area (Å²) in [5.74, 6) is 0.239. The van der Waals surface area contributed by atoms with Crippen LogP contribution in [0, 0.1) is 5.82 Å². The zero-order chi connectivity index (χ0) is 18.6. The molecular weight excluding hydrogens is 369 g/mol. The van der Waals surface area contributed by atoms with Gasteiger partial charge in [-0.1, -0.05) is 0 Å². The highest BCUT2D eigenvalue weighted by Crippen LogP contribution is 2.20. The molecule has 4 aromatic rings. The number of hydrogen-bond donors (Lipinski definition) is 1.